The van der Waals surface area contributed by atoms with Crippen molar-refractivity contribution in [2.45, 2.75) is 6.42 Å². The second-order valence-electron chi connectivity index (χ2n) is 2.35. The molecule has 1 aromatic rings. The SMILES string of the molecule is C=CCCNc1cccnc1Br. The molecule has 0 aliphatic carbocycles. The van der Waals surface area contributed by atoms with Crippen LogP contribution in [0.1, 0.15) is 6.42 Å². The van der Waals surface area contributed by atoms with E-state index in [0.29, 0.717) is 0 Å². The molecule has 2 nitrogen and oxygen atoms in total. The number of hydrogen-bond acceptors (Lipinski definition) is 2. The molecule has 0 aliphatic heterocycles. The first kappa shape index (κ1) is 9.26. The molecule has 0 aliphatic rings. The second-order valence-corrected chi connectivity index (χ2v) is 3.10. The minimum atomic E-state index is 0.856. The zero-order valence-corrected chi connectivity index (χ0v) is 8.34. The fourth-order valence-electron chi connectivity index (χ4n) is 0.827. The van der Waals surface area contributed by atoms with Crippen LogP contribution in [-0.2, 0) is 0 Å². The summed E-state index contributed by atoms with van der Waals surface area (Å²) in [6.45, 7) is 4.54. The van der Waals surface area contributed by atoms with Crippen molar-refractivity contribution in [1.82, 2.24) is 4.98 Å². The summed E-state index contributed by atoms with van der Waals surface area (Å²) >= 11 is 3.35. The molecule has 1 rings (SSSR count). The van der Waals surface area contributed by atoms with E-state index in [0.717, 1.165) is 23.3 Å². The predicted octanol–water partition coefficient (Wildman–Crippen LogP) is 2.83. The predicted molar refractivity (Wildman–Crippen MR) is 55.2 cm³/mol. The summed E-state index contributed by atoms with van der Waals surface area (Å²) in [5.74, 6) is 0. The van der Waals surface area contributed by atoms with Crippen molar-refractivity contribution in [1.29, 1.82) is 0 Å². The average Bonchev–Trinajstić information content (AvgIpc) is 2.09. The molecule has 0 atom stereocenters. The van der Waals surface area contributed by atoms with E-state index in [-0.39, 0.29) is 0 Å². The normalized spacial score (nSPS) is 9.42. The van der Waals surface area contributed by atoms with Crippen molar-refractivity contribution >= 4 is 21.6 Å². The van der Waals surface area contributed by atoms with E-state index in [1.807, 2.05) is 18.2 Å². The van der Waals surface area contributed by atoms with Crippen LogP contribution in [0, 0.1) is 0 Å². The van der Waals surface area contributed by atoms with E-state index in [1.54, 1.807) is 6.20 Å². The summed E-state index contributed by atoms with van der Waals surface area (Å²) in [6.07, 6.45) is 4.60. The molecule has 3 heteroatoms. The van der Waals surface area contributed by atoms with Crippen LogP contribution >= 0.6 is 15.9 Å². The van der Waals surface area contributed by atoms with Crippen LogP contribution in [0.15, 0.2) is 35.6 Å². The summed E-state index contributed by atoms with van der Waals surface area (Å²) in [6, 6.07) is 3.89. The van der Waals surface area contributed by atoms with E-state index in [9.17, 15) is 0 Å². The zero-order valence-electron chi connectivity index (χ0n) is 6.76. The van der Waals surface area contributed by atoms with E-state index in [1.165, 1.54) is 0 Å². The van der Waals surface area contributed by atoms with Crippen LogP contribution in [0.4, 0.5) is 5.69 Å². The molecule has 0 aromatic carbocycles. The second kappa shape index (κ2) is 4.93. The Hall–Kier alpha value is -0.830. The topological polar surface area (TPSA) is 24.9 Å². The van der Waals surface area contributed by atoms with Crippen molar-refractivity contribution in [2.75, 3.05) is 11.9 Å². The fourth-order valence-corrected chi connectivity index (χ4v) is 1.22. The molecule has 0 saturated carbocycles. The van der Waals surface area contributed by atoms with Crippen molar-refractivity contribution in [2.24, 2.45) is 0 Å². The van der Waals surface area contributed by atoms with E-state index in [4.69, 9.17) is 0 Å². The first-order chi connectivity index (χ1) is 5.84. The van der Waals surface area contributed by atoms with Gasteiger partial charge in [-0.3, -0.25) is 0 Å². The molecular formula is C9H11BrN2. The van der Waals surface area contributed by atoms with Gasteiger partial charge in [0.2, 0.25) is 0 Å². The average molecular weight is 227 g/mol. The highest BCUT2D eigenvalue weighted by Crippen LogP contribution is 2.17. The van der Waals surface area contributed by atoms with Gasteiger partial charge in [0.15, 0.2) is 0 Å². The van der Waals surface area contributed by atoms with Gasteiger partial charge in [-0.25, -0.2) is 4.98 Å². The highest BCUT2D eigenvalue weighted by atomic mass is 79.9. The van der Waals surface area contributed by atoms with Gasteiger partial charge in [0, 0.05) is 12.7 Å². The van der Waals surface area contributed by atoms with Gasteiger partial charge in [-0.15, -0.1) is 6.58 Å². The minimum Gasteiger partial charge on any atom is -0.383 e. The number of aromatic nitrogens is 1. The quantitative estimate of drug-likeness (QED) is 0.486. The number of nitrogens with one attached hydrogen (secondary N) is 1. The first-order valence-electron chi connectivity index (χ1n) is 3.80. The Balaban J connectivity index is 2.51. The van der Waals surface area contributed by atoms with Gasteiger partial charge in [0.25, 0.3) is 0 Å². The number of halogens is 1. The summed E-state index contributed by atoms with van der Waals surface area (Å²) < 4.78 is 0.856. The first-order valence-corrected chi connectivity index (χ1v) is 4.59. The van der Waals surface area contributed by atoms with Crippen molar-refractivity contribution in [3.63, 3.8) is 0 Å². The van der Waals surface area contributed by atoms with Crippen LogP contribution in [0.3, 0.4) is 0 Å². The Morgan fingerprint density at radius 1 is 1.67 bits per heavy atom. The van der Waals surface area contributed by atoms with Crippen LogP contribution < -0.4 is 5.32 Å². The maximum absolute atomic E-state index is 4.09. The zero-order chi connectivity index (χ0) is 8.81. The molecule has 0 amide bonds. The van der Waals surface area contributed by atoms with E-state index in [2.05, 4.69) is 32.8 Å². The molecule has 12 heavy (non-hydrogen) atoms. The molecule has 1 heterocycles. The van der Waals surface area contributed by atoms with Gasteiger partial charge < -0.3 is 5.32 Å². The number of hydrogen-bond donors (Lipinski definition) is 1. The van der Waals surface area contributed by atoms with Crippen LogP contribution in [-0.4, -0.2) is 11.5 Å². The van der Waals surface area contributed by atoms with Crippen LogP contribution in [0.2, 0.25) is 0 Å². The molecule has 0 unspecified atom stereocenters. The van der Waals surface area contributed by atoms with Crippen molar-refractivity contribution in [3.8, 4) is 0 Å². The molecular weight excluding hydrogens is 216 g/mol. The smallest absolute Gasteiger partial charge is 0.129 e. The summed E-state index contributed by atoms with van der Waals surface area (Å²) in [7, 11) is 0. The maximum Gasteiger partial charge on any atom is 0.129 e. The lowest BCUT2D eigenvalue weighted by Crippen LogP contribution is -2.00. The molecule has 0 saturated heterocycles. The van der Waals surface area contributed by atoms with Gasteiger partial charge in [-0.2, -0.15) is 0 Å². The number of nitrogens with zero attached hydrogens (tertiary/aromatic N) is 1. The summed E-state index contributed by atoms with van der Waals surface area (Å²) in [5.41, 5.74) is 1.03. The van der Waals surface area contributed by atoms with Crippen molar-refractivity contribution < 1.29 is 0 Å². The summed E-state index contributed by atoms with van der Waals surface area (Å²) in [5, 5.41) is 3.23. The third kappa shape index (κ3) is 2.66. The Bertz CT molecular complexity index is 260. The third-order valence-electron chi connectivity index (χ3n) is 1.42. The third-order valence-corrected chi connectivity index (χ3v) is 2.05. The fraction of sp³-hybridized carbons (Fsp3) is 0.222. The Labute approximate surface area is 80.8 Å². The molecule has 0 fully saturated rings. The lowest BCUT2D eigenvalue weighted by molar-refractivity contribution is 1.06. The standard InChI is InChI=1S/C9H11BrN2/c1-2-3-6-11-8-5-4-7-12-9(8)10/h2,4-5,7,11H,1,3,6H2. The number of rotatable bonds is 4. The lowest BCUT2D eigenvalue weighted by atomic mass is 10.4. The monoisotopic (exact) mass is 226 g/mol. The van der Waals surface area contributed by atoms with E-state index < -0.39 is 0 Å². The molecule has 0 spiro atoms. The van der Waals surface area contributed by atoms with Crippen LogP contribution in [0.25, 0.3) is 0 Å². The number of anilines is 1. The molecule has 1 N–H and O–H groups in total. The Morgan fingerprint density at radius 2 is 2.50 bits per heavy atom. The van der Waals surface area contributed by atoms with Gasteiger partial charge in [-0.05, 0) is 34.5 Å². The largest absolute Gasteiger partial charge is 0.383 e. The Kier molecular flexibility index (Phi) is 3.80. The molecule has 1 aromatic heterocycles. The van der Waals surface area contributed by atoms with Crippen molar-refractivity contribution in [3.05, 3.63) is 35.6 Å². The van der Waals surface area contributed by atoms with Gasteiger partial charge >= 0.3 is 0 Å². The van der Waals surface area contributed by atoms with Gasteiger partial charge in [0.1, 0.15) is 4.60 Å². The van der Waals surface area contributed by atoms with Gasteiger partial charge in [-0.1, -0.05) is 6.08 Å². The van der Waals surface area contributed by atoms with Gasteiger partial charge in [0.05, 0.1) is 5.69 Å². The highest BCUT2D eigenvalue weighted by molar-refractivity contribution is 9.10. The van der Waals surface area contributed by atoms with Crippen LogP contribution in [0.5, 0.6) is 0 Å². The summed E-state index contributed by atoms with van der Waals surface area (Å²) in [4.78, 5) is 4.09. The maximum atomic E-state index is 4.09. The molecule has 0 radical (unpaired) electrons. The molecule has 0 bridgehead atoms. The lowest BCUT2D eigenvalue weighted by Gasteiger charge is -2.04. The number of pyridine rings is 1. The Morgan fingerprint density at radius 3 is 3.17 bits per heavy atom. The minimum absolute atomic E-state index is 0.856. The molecule has 64 valence electrons. The van der Waals surface area contributed by atoms with E-state index >= 15 is 0 Å². The highest BCUT2D eigenvalue weighted by Gasteiger charge is 1.95.